The van der Waals surface area contributed by atoms with Gasteiger partial charge >= 0.3 is 5.97 Å². The van der Waals surface area contributed by atoms with Gasteiger partial charge in [-0.05, 0) is 55.1 Å². The molecule has 0 bridgehead atoms. The van der Waals surface area contributed by atoms with E-state index in [9.17, 15) is 9.59 Å². The van der Waals surface area contributed by atoms with E-state index in [1.807, 2.05) is 6.07 Å². The van der Waals surface area contributed by atoms with Crippen molar-refractivity contribution in [2.75, 3.05) is 26.2 Å². The van der Waals surface area contributed by atoms with Crippen molar-refractivity contribution >= 4 is 11.9 Å². The Kier molecular flexibility index (Phi) is 9.18. The third-order valence-corrected chi connectivity index (χ3v) is 5.92. The molecule has 0 spiro atoms. The van der Waals surface area contributed by atoms with Crippen molar-refractivity contribution in [3.63, 3.8) is 0 Å². The summed E-state index contributed by atoms with van der Waals surface area (Å²) in [4.78, 5) is 25.9. The van der Waals surface area contributed by atoms with Gasteiger partial charge in [-0.25, -0.2) is 10.2 Å². The third-order valence-electron chi connectivity index (χ3n) is 5.92. The number of carboxylic acids is 1. The maximum atomic E-state index is 12.5. The van der Waals surface area contributed by atoms with Gasteiger partial charge in [0.25, 0.3) is 0 Å². The number of hydrogen-bond donors (Lipinski definition) is 5. The molecule has 6 N–H and O–H groups in total. The Bertz CT molecular complexity index is 852. The Morgan fingerprint density at radius 1 is 1.03 bits per heavy atom. The van der Waals surface area contributed by atoms with E-state index in [0.717, 1.165) is 38.0 Å². The van der Waals surface area contributed by atoms with Gasteiger partial charge in [0.1, 0.15) is 6.04 Å². The van der Waals surface area contributed by atoms with E-state index in [1.54, 1.807) is 24.3 Å². The zero-order valence-corrected chi connectivity index (χ0v) is 18.3. The number of rotatable bonds is 11. The first-order valence-corrected chi connectivity index (χ1v) is 11.1. The molecular formula is C24H33N5O3. The molecule has 0 saturated carbocycles. The van der Waals surface area contributed by atoms with Crippen LogP contribution in [-0.2, 0) is 17.9 Å². The van der Waals surface area contributed by atoms with E-state index in [-0.39, 0.29) is 11.5 Å². The number of carboxylic acid groups (broad SMARTS) is 1. The van der Waals surface area contributed by atoms with Crippen molar-refractivity contribution in [2.45, 2.75) is 32.0 Å². The van der Waals surface area contributed by atoms with Crippen LogP contribution in [0.15, 0.2) is 54.6 Å². The molecule has 8 nitrogen and oxygen atoms in total. The number of amides is 1. The molecule has 0 aromatic heterocycles. The molecule has 8 heteroatoms. The lowest BCUT2D eigenvalue weighted by Gasteiger charge is -2.32. The third kappa shape index (κ3) is 7.42. The van der Waals surface area contributed by atoms with Crippen LogP contribution >= 0.6 is 0 Å². The van der Waals surface area contributed by atoms with Crippen LogP contribution in [0.1, 0.15) is 34.3 Å². The highest BCUT2D eigenvalue weighted by molar-refractivity contribution is 5.87. The topological polar surface area (TPSA) is 120 Å². The summed E-state index contributed by atoms with van der Waals surface area (Å²) >= 11 is 0. The fourth-order valence-electron chi connectivity index (χ4n) is 3.91. The van der Waals surface area contributed by atoms with Crippen LogP contribution in [0.25, 0.3) is 0 Å². The van der Waals surface area contributed by atoms with Gasteiger partial charge in [0.05, 0.1) is 5.56 Å². The zero-order chi connectivity index (χ0) is 22.8. The number of nitrogens with zero attached hydrogens (tertiary/aromatic N) is 1. The molecule has 0 aliphatic carbocycles. The van der Waals surface area contributed by atoms with Crippen LogP contribution in [0.5, 0.6) is 0 Å². The highest BCUT2D eigenvalue weighted by Gasteiger charge is 2.22. The number of hydrogen-bond acceptors (Lipinski definition) is 6. The predicted octanol–water partition coefficient (Wildman–Crippen LogP) is 1.33. The Morgan fingerprint density at radius 2 is 1.72 bits per heavy atom. The molecule has 1 saturated heterocycles. The highest BCUT2D eigenvalue weighted by Crippen LogP contribution is 2.18. The number of carbonyl (C=O) groups is 2. The molecule has 2 aromatic carbocycles. The number of nitrogens with two attached hydrogens (primary N) is 1. The molecule has 2 aromatic rings. The number of piperidine rings is 1. The minimum atomic E-state index is -0.949. The Morgan fingerprint density at radius 3 is 2.34 bits per heavy atom. The lowest BCUT2D eigenvalue weighted by atomic mass is 9.96. The molecule has 3 rings (SSSR count). The van der Waals surface area contributed by atoms with Crippen LogP contribution < -0.4 is 21.9 Å². The fourth-order valence-corrected chi connectivity index (χ4v) is 3.91. The summed E-state index contributed by atoms with van der Waals surface area (Å²) in [6.07, 6.45) is 2.14. The fraction of sp³-hybridized carbons (Fsp3) is 0.417. The van der Waals surface area contributed by atoms with Crippen molar-refractivity contribution in [1.82, 2.24) is 21.0 Å². The normalized spacial score (nSPS) is 15.9. The minimum Gasteiger partial charge on any atom is -0.478 e. The van der Waals surface area contributed by atoms with Gasteiger partial charge in [-0.15, -0.1) is 0 Å². The van der Waals surface area contributed by atoms with E-state index in [1.165, 1.54) is 5.56 Å². The standard InChI is InChI=1S/C24H33N5O3/c25-28-22(16-26-14-18-6-8-21(9-7-18)24(31)32)23(30)27-15-19-10-12-29(13-11-19)17-20-4-2-1-3-5-20/h1-9,19,22,26,28H,10-17,25H2,(H,27,30)(H,31,32). The summed E-state index contributed by atoms with van der Waals surface area (Å²) in [7, 11) is 0. The van der Waals surface area contributed by atoms with Gasteiger partial charge in [-0.3, -0.25) is 15.5 Å². The quantitative estimate of drug-likeness (QED) is 0.265. The van der Waals surface area contributed by atoms with Crippen LogP contribution in [0.2, 0.25) is 0 Å². The molecule has 32 heavy (non-hydrogen) atoms. The second-order valence-electron chi connectivity index (χ2n) is 8.30. The van der Waals surface area contributed by atoms with Gasteiger partial charge in [0.2, 0.25) is 5.91 Å². The number of aromatic carboxylic acids is 1. The van der Waals surface area contributed by atoms with Gasteiger partial charge in [-0.1, -0.05) is 42.5 Å². The van der Waals surface area contributed by atoms with Crippen molar-refractivity contribution in [3.05, 3.63) is 71.3 Å². The van der Waals surface area contributed by atoms with Gasteiger partial charge in [0.15, 0.2) is 0 Å². The summed E-state index contributed by atoms with van der Waals surface area (Å²) < 4.78 is 0. The SMILES string of the molecule is NNC(CNCc1ccc(C(=O)O)cc1)C(=O)NCC1CCN(Cc2ccccc2)CC1. The summed E-state index contributed by atoms with van der Waals surface area (Å²) in [6, 6.07) is 16.6. The largest absolute Gasteiger partial charge is 0.478 e. The average molecular weight is 440 g/mol. The first-order valence-electron chi connectivity index (χ1n) is 11.1. The number of benzene rings is 2. The second-order valence-corrected chi connectivity index (χ2v) is 8.30. The van der Waals surface area contributed by atoms with Crippen molar-refractivity contribution in [2.24, 2.45) is 11.8 Å². The maximum absolute atomic E-state index is 12.5. The minimum absolute atomic E-state index is 0.118. The first kappa shape index (κ1) is 23.9. The lowest BCUT2D eigenvalue weighted by Crippen LogP contribution is -2.53. The van der Waals surface area contributed by atoms with Gasteiger partial charge in [-0.2, -0.15) is 0 Å². The van der Waals surface area contributed by atoms with Crippen molar-refractivity contribution < 1.29 is 14.7 Å². The lowest BCUT2D eigenvalue weighted by molar-refractivity contribution is -0.123. The second kappa shape index (κ2) is 12.3. The van der Waals surface area contributed by atoms with Crippen LogP contribution in [0.4, 0.5) is 0 Å². The predicted molar refractivity (Wildman–Crippen MR) is 124 cm³/mol. The molecule has 1 unspecified atom stereocenters. The Balaban J connectivity index is 1.34. The highest BCUT2D eigenvalue weighted by atomic mass is 16.4. The summed E-state index contributed by atoms with van der Waals surface area (Å²) in [5, 5.41) is 15.2. The number of nitrogens with one attached hydrogen (secondary N) is 3. The molecule has 1 heterocycles. The summed E-state index contributed by atoms with van der Waals surface area (Å²) in [6.45, 7) is 4.60. The Labute approximate surface area is 189 Å². The van der Waals surface area contributed by atoms with E-state index in [0.29, 0.717) is 25.6 Å². The van der Waals surface area contributed by atoms with Crippen molar-refractivity contribution in [1.29, 1.82) is 0 Å². The molecule has 172 valence electrons. The number of hydrazine groups is 1. The molecule has 1 aliphatic heterocycles. The number of carbonyl (C=O) groups excluding carboxylic acids is 1. The van der Waals surface area contributed by atoms with E-state index in [2.05, 4.69) is 45.2 Å². The number of likely N-dealkylation sites (tertiary alicyclic amines) is 1. The van der Waals surface area contributed by atoms with Gasteiger partial charge in [0, 0.05) is 26.2 Å². The maximum Gasteiger partial charge on any atom is 0.335 e. The van der Waals surface area contributed by atoms with Crippen molar-refractivity contribution in [3.8, 4) is 0 Å². The molecule has 1 fully saturated rings. The van der Waals surface area contributed by atoms with E-state index >= 15 is 0 Å². The average Bonchev–Trinajstić information content (AvgIpc) is 2.82. The smallest absolute Gasteiger partial charge is 0.335 e. The van der Waals surface area contributed by atoms with E-state index in [4.69, 9.17) is 10.9 Å². The zero-order valence-electron chi connectivity index (χ0n) is 18.3. The molecule has 0 radical (unpaired) electrons. The molecule has 1 aliphatic rings. The Hall–Kier alpha value is -2.78. The van der Waals surface area contributed by atoms with Crippen LogP contribution in [0, 0.1) is 5.92 Å². The monoisotopic (exact) mass is 439 g/mol. The first-order chi connectivity index (χ1) is 15.5. The molecular weight excluding hydrogens is 406 g/mol. The summed E-state index contributed by atoms with van der Waals surface area (Å²) in [5.74, 6) is 4.99. The molecule has 1 amide bonds. The van der Waals surface area contributed by atoms with E-state index < -0.39 is 12.0 Å². The van der Waals surface area contributed by atoms with Crippen LogP contribution in [-0.4, -0.2) is 54.1 Å². The summed E-state index contributed by atoms with van der Waals surface area (Å²) in [5.41, 5.74) is 5.10. The van der Waals surface area contributed by atoms with Crippen LogP contribution in [0.3, 0.4) is 0 Å². The molecule has 1 atom stereocenters. The van der Waals surface area contributed by atoms with Gasteiger partial charge < -0.3 is 15.7 Å².